The van der Waals surface area contributed by atoms with Crippen LogP contribution in [0, 0.1) is 5.92 Å². The number of para-hydroxylation sites is 3. The van der Waals surface area contributed by atoms with E-state index in [0.29, 0.717) is 22.1 Å². The summed E-state index contributed by atoms with van der Waals surface area (Å²) < 4.78 is 10.6. The molecule has 7 nitrogen and oxygen atoms in total. The van der Waals surface area contributed by atoms with Crippen molar-refractivity contribution < 1.29 is 23.9 Å². The van der Waals surface area contributed by atoms with Crippen LogP contribution in [0.2, 0.25) is 5.02 Å². The van der Waals surface area contributed by atoms with E-state index in [9.17, 15) is 14.4 Å². The number of benzene rings is 2. The van der Waals surface area contributed by atoms with Crippen LogP contribution in [0.15, 0.2) is 48.5 Å². The van der Waals surface area contributed by atoms with Gasteiger partial charge in [-0.15, -0.1) is 0 Å². The number of ether oxygens (including phenoxy) is 2. The van der Waals surface area contributed by atoms with Gasteiger partial charge < -0.3 is 19.7 Å². The molecule has 0 bridgehead atoms. The quantitative estimate of drug-likeness (QED) is 0.730. The summed E-state index contributed by atoms with van der Waals surface area (Å²) in [4.78, 5) is 38.7. The van der Waals surface area contributed by atoms with Crippen LogP contribution in [0.5, 0.6) is 5.75 Å². The molecule has 2 atom stereocenters. The molecule has 1 heterocycles. The lowest BCUT2D eigenvalue weighted by molar-refractivity contribution is -0.157. The van der Waals surface area contributed by atoms with Crippen molar-refractivity contribution in [3.8, 4) is 5.75 Å². The molecule has 3 rings (SSSR count). The number of esters is 1. The van der Waals surface area contributed by atoms with Gasteiger partial charge in [0.2, 0.25) is 5.91 Å². The lowest BCUT2D eigenvalue weighted by Gasteiger charge is -2.20. The summed E-state index contributed by atoms with van der Waals surface area (Å²) >= 11 is 6.02. The van der Waals surface area contributed by atoms with Crippen LogP contribution in [0.1, 0.15) is 13.3 Å². The Balaban J connectivity index is 1.61. The molecular formula is C21H21ClN2O5. The van der Waals surface area contributed by atoms with Gasteiger partial charge in [0.15, 0.2) is 6.10 Å². The molecular weight excluding hydrogens is 396 g/mol. The van der Waals surface area contributed by atoms with Crippen molar-refractivity contribution in [1.82, 2.24) is 0 Å². The molecule has 1 saturated heterocycles. The molecule has 0 aromatic heterocycles. The zero-order valence-corrected chi connectivity index (χ0v) is 16.8. The van der Waals surface area contributed by atoms with Gasteiger partial charge in [-0.1, -0.05) is 35.9 Å². The maximum absolute atomic E-state index is 12.5. The van der Waals surface area contributed by atoms with Crippen LogP contribution in [-0.2, 0) is 19.1 Å². The number of carbonyl (C=O) groups is 3. The van der Waals surface area contributed by atoms with E-state index in [-0.39, 0.29) is 18.9 Å². The second-order valence-electron chi connectivity index (χ2n) is 6.63. The second kappa shape index (κ2) is 8.96. The van der Waals surface area contributed by atoms with Gasteiger partial charge in [0.1, 0.15) is 5.75 Å². The van der Waals surface area contributed by atoms with Crippen LogP contribution in [0.3, 0.4) is 0 Å². The van der Waals surface area contributed by atoms with E-state index in [0.717, 1.165) is 0 Å². The number of carbonyl (C=O) groups excluding carboxylic acids is 3. The summed E-state index contributed by atoms with van der Waals surface area (Å²) in [5, 5.41) is 3.01. The maximum atomic E-state index is 12.5. The molecule has 2 amide bonds. The third-order valence-corrected chi connectivity index (χ3v) is 4.96. The molecule has 1 aliphatic heterocycles. The second-order valence-corrected chi connectivity index (χ2v) is 7.03. The first kappa shape index (κ1) is 20.7. The van der Waals surface area contributed by atoms with Crippen molar-refractivity contribution in [2.45, 2.75) is 19.4 Å². The first-order valence-electron chi connectivity index (χ1n) is 9.10. The van der Waals surface area contributed by atoms with E-state index in [1.165, 1.54) is 18.9 Å². The van der Waals surface area contributed by atoms with E-state index < -0.39 is 23.9 Å². The number of halogens is 1. The van der Waals surface area contributed by atoms with Gasteiger partial charge in [-0.25, -0.2) is 0 Å². The van der Waals surface area contributed by atoms with Crippen molar-refractivity contribution in [1.29, 1.82) is 0 Å². The zero-order chi connectivity index (χ0) is 21.0. The standard InChI is InChI=1S/C21H21ClN2O5/c1-13(20(26)23-16-8-4-3-7-15(16)22)29-21(27)14-11-19(25)24(12-14)17-9-5-6-10-18(17)28-2/h3-10,13-14H,11-12H2,1-2H3,(H,23,26)/t13-,14-/m1/s1. The van der Waals surface area contributed by atoms with Gasteiger partial charge in [-0.2, -0.15) is 0 Å². The van der Waals surface area contributed by atoms with Gasteiger partial charge in [0, 0.05) is 13.0 Å². The summed E-state index contributed by atoms with van der Waals surface area (Å²) in [6, 6.07) is 13.9. The average molecular weight is 417 g/mol. The predicted molar refractivity (Wildman–Crippen MR) is 109 cm³/mol. The number of hydrogen-bond acceptors (Lipinski definition) is 5. The topological polar surface area (TPSA) is 84.9 Å². The highest BCUT2D eigenvalue weighted by Gasteiger charge is 2.38. The number of amides is 2. The van der Waals surface area contributed by atoms with Gasteiger partial charge >= 0.3 is 5.97 Å². The number of nitrogens with one attached hydrogen (secondary N) is 1. The zero-order valence-electron chi connectivity index (χ0n) is 16.1. The van der Waals surface area contributed by atoms with Crippen molar-refractivity contribution in [2.24, 2.45) is 5.92 Å². The summed E-state index contributed by atoms with van der Waals surface area (Å²) in [7, 11) is 1.52. The Bertz CT molecular complexity index is 933. The van der Waals surface area contributed by atoms with E-state index in [4.69, 9.17) is 21.1 Å². The third-order valence-electron chi connectivity index (χ3n) is 4.63. The molecule has 2 aromatic carbocycles. The Hall–Kier alpha value is -3.06. The van der Waals surface area contributed by atoms with Gasteiger partial charge in [-0.3, -0.25) is 14.4 Å². The number of nitrogens with zero attached hydrogens (tertiary/aromatic N) is 1. The van der Waals surface area contributed by atoms with Gasteiger partial charge in [0.05, 0.1) is 29.4 Å². The molecule has 8 heteroatoms. The molecule has 0 aliphatic carbocycles. The third kappa shape index (κ3) is 4.68. The van der Waals surface area contributed by atoms with E-state index >= 15 is 0 Å². The molecule has 152 valence electrons. The average Bonchev–Trinajstić information content (AvgIpc) is 3.11. The minimum absolute atomic E-state index is 0.00966. The molecule has 1 aliphatic rings. The largest absolute Gasteiger partial charge is 0.495 e. The molecule has 0 unspecified atom stereocenters. The molecule has 0 spiro atoms. The van der Waals surface area contributed by atoms with Crippen LogP contribution in [0.25, 0.3) is 0 Å². The van der Waals surface area contributed by atoms with Crippen LogP contribution in [-0.4, -0.2) is 37.5 Å². The van der Waals surface area contributed by atoms with Crippen LogP contribution < -0.4 is 15.0 Å². The van der Waals surface area contributed by atoms with E-state index in [1.54, 1.807) is 48.5 Å². The fourth-order valence-electron chi connectivity index (χ4n) is 3.07. The van der Waals surface area contributed by atoms with Crippen molar-refractivity contribution >= 4 is 40.8 Å². The highest BCUT2D eigenvalue weighted by molar-refractivity contribution is 6.33. The number of methoxy groups -OCH3 is 1. The van der Waals surface area contributed by atoms with Crippen molar-refractivity contribution in [3.05, 3.63) is 53.6 Å². The molecule has 0 saturated carbocycles. The summed E-state index contributed by atoms with van der Waals surface area (Å²) in [6.45, 7) is 1.63. The van der Waals surface area contributed by atoms with E-state index in [2.05, 4.69) is 5.32 Å². The number of hydrogen-bond donors (Lipinski definition) is 1. The summed E-state index contributed by atoms with van der Waals surface area (Å²) in [6.07, 6.45) is -1.02. The predicted octanol–water partition coefficient (Wildman–Crippen LogP) is 3.27. The van der Waals surface area contributed by atoms with Crippen molar-refractivity contribution in [3.63, 3.8) is 0 Å². The Morgan fingerprint density at radius 1 is 1.17 bits per heavy atom. The Morgan fingerprint density at radius 3 is 2.59 bits per heavy atom. The minimum atomic E-state index is -1.03. The summed E-state index contributed by atoms with van der Waals surface area (Å²) in [5.74, 6) is -1.43. The molecule has 1 N–H and O–H groups in total. The monoisotopic (exact) mass is 416 g/mol. The molecule has 0 radical (unpaired) electrons. The lowest BCUT2D eigenvalue weighted by Crippen LogP contribution is -2.33. The Labute approximate surface area is 173 Å². The van der Waals surface area contributed by atoms with Crippen molar-refractivity contribution in [2.75, 3.05) is 23.9 Å². The fourth-order valence-corrected chi connectivity index (χ4v) is 3.25. The van der Waals surface area contributed by atoms with Gasteiger partial charge in [0.25, 0.3) is 5.91 Å². The van der Waals surface area contributed by atoms with Gasteiger partial charge in [-0.05, 0) is 31.2 Å². The molecule has 2 aromatic rings. The van der Waals surface area contributed by atoms with Crippen LogP contribution in [0.4, 0.5) is 11.4 Å². The first-order chi connectivity index (χ1) is 13.9. The smallest absolute Gasteiger partial charge is 0.312 e. The SMILES string of the molecule is COc1ccccc1N1C[C@H](C(=O)O[C@H](C)C(=O)Nc2ccccc2Cl)CC1=O. The first-order valence-corrected chi connectivity index (χ1v) is 9.47. The highest BCUT2D eigenvalue weighted by atomic mass is 35.5. The highest BCUT2D eigenvalue weighted by Crippen LogP contribution is 2.33. The lowest BCUT2D eigenvalue weighted by atomic mass is 10.1. The minimum Gasteiger partial charge on any atom is -0.495 e. The van der Waals surface area contributed by atoms with Crippen LogP contribution >= 0.6 is 11.6 Å². The number of anilines is 2. The summed E-state index contributed by atoms with van der Waals surface area (Å²) in [5.41, 5.74) is 1.03. The van der Waals surface area contributed by atoms with E-state index in [1.807, 2.05) is 0 Å². The fraction of sp³-hybridized carbons (Fsp3) is 0.286. The normalized spacial score (nSPS) is 17.0. The Kier molecular flexibility index (Phi) is 6.39. The molecule has 1 fully saturated rings. The Morgan fingerprint density at radius 2 is 1.86 bits per heavy atom. The number of rotatable bonds is 6. The molecule has 29 heavy (non-hydrogen) atoms. The maximum Gasteiger partial charge on any atom is 0.312 e.